The Kier molecular flexibility index (Phi) is 15.1. The number of rotatable bonds is 2. The van der Waals surface area contributed by atoms with E-state index in [-0.39, 0.29) is 37.6 Å². The summed E-state index contributed by atoms with van der Waals surface area (Å²) in [4.78, 5) is 4.47. The van der Waals surface area contributed by atoms with Crippen molar-refractivity contribution in [1.29, 1.82) is 0 Å². The average molecular weight is 710 g/mol. The molecule has 0 aliphatic heterocycles. The van der Waals surface area contributed by atoms with Gasteiger partial charge in [0.05, 0.1) is 10.6 Å². The number of anilines is 2. The summed E-state index contributed by atoms with van der Waals surface area (Å²) in [5.41, 5.74) is 9.42. The molecule has 0 aliphatic carbocycles. The van der Waals surface area contributed by atoms with E-state index in [1.807, 2.05) is 18.5 Å². The standard InChI is InChI=1S/2C16H28NP.2ClH.Pd/c2*1-15(2,3)13-11(17(7)8)9-10-12(18)14(13)16(4,5)6;;;/h2*9-10H,18H2,1-8H3;2*1H;/q;;;;+2. The molecule has 0 aliphatic rings. The van der Waals surface area contributed by atoms with E-state index < -0.39 is 0 Å². The minimum absolute atomic E-state index is 0.106. The zero-order chi connectivity index (χ0) is 31.3. The van der Waals surface area contributed by atoms with Crippen molar-refractivity contribution in [2.45, 2.75) is 105 Å². The van der Waals surface area contributed by atoms with Crippen molar-refractivity contribution in [1.82, 2.24) is 0 Å². The zero-order valence-electron chi connectivity index (χ0n) is 27.7. The Morgan fingerprint density at radius 2 is 0.692 bits per heavy atom. The van der Waals surface area contributed by atoms with Crippen molar-refractivity contribution >= 4 is 59.5 Å². The molecule has 0 heterocycles. The Balaban J connectivity index is 0.000000673. The van der Waals surface area contributed by atoms with E-state index in [1.165, 1.54) is 44.2 Å². The summed E-state index contributed by atoms with van der Waals surface area (Å²) in [6.07, 6.45) is 0. The molecule has 7 heteroatoms. The Labute approximate surface area is 263 Å². The first-order valence-electron chi connectivity index (χ1n) is 13.5. The van der Waals surface area contributed by atoms with E-state index in [4.69, 9.17) is 19.1 Å². The fraction of sp³-hybridized carbons (Fsp3) is 0.625. The van der Waals surface area contributed by atoms with Gasteiger partial charge in [0, 0.05) is 69.2 Å². The number of halogens is 2. The molecule has 2 unspecified atom stereocenters. The Hall–Kier alpha value is 0.142. The molecule has 0 N–H and O–H groups in total. The molecule has 2 rings (SSSR count). The van der Waals surface area contributed by atoms with Crippen molar-refractivity contribution < 1.29 is 15.9 Å². The number of hydrogen-bond acceptors (Lipinski definition) is 2. The summed E-state index contributed by atoms with van der Waals surface area (Å²) in [5, 5.41) is 2.86. The van der Waals surface area contributed by atoms with Crippen LogP contribution in [0.1, 0.15) is 105 Å². The third-order valence-corrected chi connectivity index (χ3v) is 7.68. The molecule has 0 spiro atoms. The number of hydrogen-bond donors (Lipinski definition) is 0. The van der Waals surface area contributed by atoms with Crippen LogP contribution < -0.4 is 20.4 Å². The number of nitrogens with zero attached hydrogens (tertiary/aromatic N) is 2. The molecule has 39 heavy (non-hydrogen) atoms. The summed E-state index contributed by atoms with van der Waals surface area (Å²) in [6.45, 7) is 27.8. The molecule has 0 radical (unpaired) electrons. The predicted molar refractivity (Wildman–Crippen MR) is 190 cm³/mol. The molecule has 228 valence electrons. The van der Waals surface area contributed by atoms with E-state index in [0.29, 0.717) is 0 Å². The zero-order valence-corrected chi connectivity index (χ0v) is 33.6. The van der Waals surface area contributed by atoms with Crippen molar-refractivity contribution in [3.8, 4) is 0 Å². The van der Waals surface area contributed by atoms with Gasteiger partial charge in [-0.3, -0.25) is 0 Å². The molecule has 2 nitrogen and oxygen atoms in total. The van der Waals surface area contributed by atoms with E-state index in [0.717, 1.165) is 0 Å². The molecule has 0 bridgehead atoms. The van der Waals surface area contributed by atoms with Crippen LogP contribution in [0.25, 0.3) is 0 Å². The van der Waals surface area contributed by atoms with Gasteiger partial charge in [0.1, 0.15) is 0 Å². The average Bonchev–Trinajstić information content (AvgIpc) is 2.70. The van der Waals surface area contributed by atoms with Gasteiger partial charge in [-0.05, 0) is 57.1 Å². The first kappa shape index (κ1) is 39.1. The van der Waals surface area contributed by atoms with Crippen molar-refractivity contribution in [3.05, 3.63) is 46.5 Å². The van der Waals surface area contributed by atoms with E-state index >= 15 is 0 Å². The monoisotopic (exact) mass is 708 g/mol. The van der Waals surface area contributed by atoms with Crippen molar-refractivity contribution in [3.63, 3.8) is 0 Å². The first-order chi connectivity index (χ1) is 17.3. The predicted octanol–water partition coefficient (Wildman–Crippen LogP) is 8.54. The fourth-order valence-corrected chi connectivity index (χ4v) is 6.90. The molecular weight excluding hydrogens is 652 g/mol. The first-order valence-corrected chi connectivity index (χ1v) is 18.9. The van der Waals surface area contributed by atoms with Crippen LogP contribution in [0.5, 0.6) is 0 Å². The normalized spacial score (nSPS) is 12.5. The van der Waals surface area contributed by atoms with Crippen LogP contribution in [0.15, 0.2) is 24.3 Å². The molecular formula is C32H58Cl2N2P2Pd+2. The quantitative estimate of drug-likeness (QED) is 0.228. The second-order valence-corrected chi connectivity index (χ2v) is 18.7. The van der Waals surface area contributed by atoms with Gasteiger partial charge < -0.3 is 9.80 Å². The summed E-state index contributed by atoms with van der Waals surface area (Å²) < 4.78 is 0. The van der Waals surface area contributed by atoms with Crippen LogP contribution in [0, 0.1) is 0 Å². The van der Waals surface area contributed by atoms with E-state index in [1.54, 1.807) is 0 Å². The third kappa shape index (κ3) is 11.4. The number of benzene rings is 2. The van der Waals surface area contributed by atoms with Crippen LogP contribution in [-0.2, 0) is 37.6 Å². The van der Waals surface area contributed by atoms with Gasteiger partial charge in [0.15, 0.2) is 0 Å². The van der Waals surface area contributed by atoms with E-state index in [9.17, 15) is 0 Å². The van der Waals surface area contributed by atoms with Gasteiger partial charge >= 0.3 is 35.0 Å². The van der Waals surface area contributed by atoms with Crippen molar-refractivity contribution in [2.24, 2.45) is 0 Å². The van der Waals surface area contributed by atoms with Gasteiger partial charge in [0.25, 0.3) is 0 Å². The molecule has 2 aromatic carbocycles. The SMILES string of the molecule is CN(C)c1ccc([PH3+])c(C(C)(C)C)c1C(C)(C)C.CN(C)c1ccc([PH3+])c(C(C)(C)C)c1C(C)(C)C.[Cl][Pd][Cl]. The second-order valence-electron chi connectivity index (χ2n) is 14.8. The van der Waals surface area contributed by atoms with Gasteiger partial charge in [-0.1, -0.05) is 83.1 Å². The molecule has 0 fully saturated rings. The maximum atomic E-state index is 4.81. The molecule has 0 aromatic heterocycles. The van der Waals surface area contributed by atoms with Gasteiger partial charge in [-0.15, -0.1) is 0 Å². The molecule has 0 amide bonds. The summed E-state index contributed by atoms with van der Waals surface area (Å²) in [7, 11) is 22.2. The van der Waals surface area contributed by atoms with Crippen LogP contribution in [0.2, 0.25) is 0 Å². The Morgan fingerprint density at radius 3 is 0.846 bits per heavy atom. The molecule has 2 atom stereocenters. The molecule has 0 saturated heterocycles. The van der Waals surface area contributed by atoms with Crippen LogP contribution in [0.3, 0.4) is 0 Å². The van der Waals surface area contributed by atoms with Gasteiger partial charge in [0.2, 0.25) is 0 Å². The van der Waals surface area contributed by atoms with Crippen molar-refractivity contribution in [2.75, 3.05) is 38.0 Å². The maximum absolute atomic E-state index is 4.81. The third-order valence-electron chi connectivity index (χ3n) is 6.50. The van der Waals surface area contributed by atoms with E-state index in [2.05, 4.69) is 145 Å². The fourth-order valence-electron chi connectivity index (χ4n) is 5.25. The summed E-state index contributed by atoms with van der Waals surface area (Å²) in [5.74, 6) is 0. The topological polar surface area (TPSA) is 6.48 Å². The van der Waals surface area contributed by atoms with Crippen LogP contribution >= 0.6 is 37.5 Å². The summed E-state index contributed by atoms with van der Waals surface area (Å²) >= 11 is -0.106. The minimum atomic E-state index is -0.106. The van der Waals surface area contributed by atoms with Gasteiger partial charge in [-0.25, -0.2) is 0 Å². The van der Waals surface area contributed by atoms with Crippen LogP contribution in [0.4, 0.5) is 11.4 Å². The Morgan fingerprint density at radius 1 is 0.487 bits per heavy atom. The second kappa shape index (κ2) is 15.0. The molecule has 0 saturated carbocycles. The van der Waals surface area contributed by atoms with Gasteiger partial charge in [-0.2, -0.15) is 0 Å². The van der Waals surface area contributed by atoms with Crippen LogP contribution in [-0.4, -0.2) is 28.2 Å². The summed E-state index contributed by atoms with van der Waals surface area (Å²) in [6, 6.07) is 9.06. The molecule has 2 aromatic rings. The Bertz CT molecular complexity index is 987.